The molecule has 1 aliphatic heterocycles. The molecule has 0 amide bonds. The van der Waals surface area contributed by atoms with Gasteiger partial charge in [-0.25, -0.2) is 4.83 Å². The third-order valence-corrected chi connectivity index (χ3v) is 5.77. The summed E-state index contributed by atoms with van der Waals surface area (Å²) < 4.78 is 24.8. The van der Waals surface area contributed by atoms with Crippen LogP contribution in [0.2, 0.25) is 5.02 Å². The zero-order chi connectivity index (χ0) is 22.4. The summed E-state index contributed by atoms with van der Waals surface area (Å²) in [5, 5.41) is 23.9. The molecule has 11 heteroatoms. The van der Waals surface area contributed by atoms with E-state index in [0.29, 0.717) is 24.1 Å². The highest BCUT2D eigenvalue weighted by Crippen LogP contribution is 2.27. The van der Waals surface area contributed by atoms with E-state index in [1.165, 1.54) is 6.21 Å². The van der Waals surface area contributed by atoms with Crippen molar-refractivity contribution in [2.45, 2.75) is 17.9 Å². The van der Waals surface area contributed by atoms with Gasteiger partial charge in [-0.1, -0.05) is 41.9 Å². The Morgan fingerprint density at radius 3 is 2.68 bits per heavy atom. The Balaban J connectivity index is 1.75. The van der Waals surface area contributed by atoms with Gasteiger partial charge in [0.2, 0.25) is 0 Å². The van der Waals surface area contributed by atoms with Gasteiger partial charge in [-0.3, -0.25) is 10.1 Å². The second kappa shape index (κ2) is 9.42. The second-order valence-electron chi connectivity index (χ2n) is 6.53. The number of nitro groups is 1. The lowest BCUT2D eigenvalue weighted by Crippen LogP contribution is -2.19. The fraction of sp³-hybridized carbons (Fsp3) is 0.100. The van der Waals surface area contributed by atoms with Crippen molar-refractivity contribution in [1.29, 1.82) is 5.26 Å². The highest BCUT2D eigenvalue weighted by atomic mass is 35.5. The fourth-order valence-electron chi connectivity index (χ4n) is 2.83. The minimum absolute atomic E-state index is 0.172. The van der Waals surface area contributed by atoms with E-state index < -0.39 is 20.6 Å². The van der Waals surface area contributed by atoms with E-state index in [9.17, 15) is 23.8 Å². The van der Waals surface area contributed by atoms with Crippen molar-refractivity contribution in [2.24, 2.45) is 5.10 Å². The molecule has 0 aromatic heterocycles. The van der Waals surface area contributed by atoms with Crippen LogP contribution in [0.4, 0.5) is 5.69 Å². The van der Waals surface area contributed by atoms with Gasteiger partial charge in [-0.05, 0) is 23.3 Å². The van der Waals surface area contributed by atoms with E-state index in [1.54, 1.807) is 12.4 Å². The zero-order valence-electron chi connectivity index (χ0n) is 16.0. The number of hydrogen-bond acceptors (Lipinski definition) is 7. The standard InChI is InChI=1S/C20H16ClN5O4S/c21-19-7-6-18(9-20(19)26(27)28)31(29,30)24-23-11-17-8-16(10-22)13-25(14-17)12-15-4-2-1-3-5-15/h1-7,9,11,13-14,24H,8,12H2/b23-11-. The van der Waals surface area contributed by atoms with E-state index in [4.69, 9.17) is 11.6 Å². The maximum Gasteiger partial charge on any atom is 0.289 e. The van der Waals surface area contributed by atoms with Gasteiger partial charge in [0.15, 0.2) is 0 Å². The molecule has 1 N–H and O–H groups in total. The van der Waals surface area contributed by atoms with Crippen molar-refractivity contribution in [2.75, 3.05) is 0 Å². The van der Waals surface area contributed by atoms with Crippen LogP contribution in [0.5, 0.6) is 0 Å². The molecule has 31 heavy (non-hydrogen) atoms. The molecule has 9 nitrogen and oxygen atoms in total. The third-order valence-electron chi connectivity index (χ3n) is 4.23. The first kappa shape index (κ1) is 22.0. The summed E-state index contributed by atoms with van der Waals surface area (Å²) in [6, 6.07) is 14.9. The van der Waals surface area contributed by atoms with E-state index in [0.717, 1.165) is 23.8 Å². The molecule has 0 saturated heterocycles. The number of halogens is 1. The van der Waals surface area contributed by atoms with E-state index in [1.807, 2.05) is 40.1 Å². The van der Waals surface area contributed by atoms with Gasteiger partial charge >= 0.3 is 0 Å². The molecular formula is C20H16ClN5O4S. The number of hydrazone groups is 1. The molecule has 0 aliphatic carbocycles. The van der Waals surface area contributed by atoms with Crippen LogP contribution in [-0.2, 0) is 16.6 Å². The molecule has 3 rings (SSSR count). The molecule has 0 bridgehead atoms. The molecule has 0 spiro atoms. The van der Waals surface area contributed by atoms with Gasteiger partial charge in [0, 0.05) is 31.4 Å². The molecule has 0 atom stereocenters. The maximum atomic E-state index is 12.4. The number of allylic oxidation sites excluding steroid dienone is 2. The van der Waals surface area contributed by atoms with E-state index in [-0.39, 0.29) is 9.92 Å². The lowest BCUT2D eigenvalue weighted by Gasteiger charge is -2.21. The highest BCUT2D eigenvalue weighted by Gasteiger charge is 2.20. The number of nitriles is 1. The van der Waals surface area contributed by atoms with Crippen molar-refractivity contribution in [1.82, 2.24) is 9.73 Å². The number of sulfonamides is 1. The summed E-state index contributed by atoms with van der Waals surface area (Å²) in [6.07, 6.45) is 5.07. The van der Waals surface area contributed by atoms with Gasteiger partial charge in [0.25, 0.3) is 15.7 Å². The summed E-state index contributed by atoms with van der Waals surface area (Å²) in [5.74, 6) is 0. The van der Waals surface area contributed by atoms with Crippen molar-refractivity contribution in [3.8, 4) is 6.07 Å². The number of nitrogens with one attached hydrogen (secondary N) is 1. The van der Waals surface area contributed by atoms with Crippen molar-refractivity contribution < 1.29 is 13.3 Å². The van der Waals surface area contributed by atoms with Crippen LogP contribution in [0.3, 0.4) is 0 Å². The Morgan fingerprint density at radius 2 is 2.00 bits per heavy atom. The first-order chi connectivity index (χ1) is 14.8. The molecule has 158 valence electrons. The average Bonchev–Trinajstić information content (AvgIpc) is 2.74. The Morgan fingerprint density at radius 1 is 1.26 bits per heavy atom. The van der Waals surface area contributed by atoms with Crippen LogP contribution in [0.25, 0.3) is 0 Å². The Bertz CT molecular complexity index is 1230. The molecule has 2 aromatic carbocycles. The summed E-state index contributed by atoms with van der Waals surface area (Å²) in [4.78, 5) is 13.7. The number of nitro benzene ring substituents is 1. The smallest absolute Gasteiger partial charge is 0.289 e. The molecule has 1 heterocycles. The molecular weight excluding hydrogens is 442 g/mol. The fourth-order valence-corrected chi connectivity index (χ4v) is 3.82. The number of benzene rings is 2. The minimum atomic E-state index is -4.15. The predicted octanol–water partition coefficient (Wildman–Crippen LogP) is 3.71. The predicted molar refractivity (Wildman–Crippen MR) is 115 cm³/mol. The van der Waals surface area contributed by atoms with Gasteiger partial charge in [-0.15, -0.1) is 0 Å². The van der Waals surface area contributed by atoms with Crippen LogP contribution < -0.4 is 4.83 Å². The van der Waals surface area contributed by atoms with E-state index >= 15 is 0 Å². The zero-order valence-corrected chi connectivity index (χ0v) is 17.5. The number of hydrogen-bond donors (Lipinski definition) is 1. The highest BCUT2D eigenvalue weighted by molar-refractivity contribution is 7.89. The molecule has 0 fully saturated rings. The summed E-state index contributed by atoms with van der Waals surface area (Å²) in [5.41, 5.74) is 1.62. The van der Waals surface area contributed by atoms with Crippen LogP contribution in [-0.4, -0.2) is 24.5 Å². The topological polar surface area (TPSA) is 129 Å². The quantitative estimate of drug-likeness (QED) is 0.383. The minimum Gasteiger partial charge on any atom is -0.349 e. The van der Waals surface area contributed by atoms with E-state index in [2.05, 4.69) is 11.2 Å². The average molecular weight is 458 g/mol. The number of rotatable bonds is 7. The summed E-state index contributed by atoms with van der Waals surface area (Å²) in [6.45, 7) is 0.531. The monoisotopic (exact) mass is 457 g/mol. The van der Waals surface area contributed by atoms with Gasteiger partial charge in [0.05, 0.1) is 27.7 Å². The Hall–Kier alpha value is -3.68. The van der Waals surface area contributed by atoms with Crippen LogP contribution >= 0.6 is 11.6 Å². The van der Waals surface area contributed by atoms with Gasteiger partial charge in [0.1, 0.15) is 5.02 Å². The lowest BCUT2D eigenvalue weighted by molar-refractivity contribution is -0.384. The Labute approximate surface area is 183 Å². The molecule has 0 unspecified atom stereocenters. The first-order valence-electron chi connectivity index (χ1n) is 8.88. The molecule has 2 aromatic rings. The van der Waals surface area contributed by atoms with Crippen molar-refractivity contribution in [3.63, 3.8) is 0 Å². The summed E-state index contributed by atoms with van der Waals surface area (Å²) >= 11 is 5.72. The normalized spacial score (nSPS) is 14.0. The first-order valence-corrected chi connectivity index (χ1v) is 10.7. The second-order valence-corrected chi connectivity index (χ2v) is 8.60. The van der Waals surface area contributed by atoms with Crippen LogP contribution in [0.1, 0.15) is 12.0 Å². The van der Waals surface area contributed by atoms with Crippen molar-refractivity contribution >= 4 is 33.5 Å². The van der Waals surface area contributed by atoms with Crippen LogP contribution in [0.15, 0.2) is 82.1 Å². The lowest BCUT2D eigenvalue weighted by atomic mass is 10.1. The molecule has 0 saturated carbocycles. The molecule has 0 radical (unpaired) electrons. The summed E-state index contributed by atoms with van der Waals surface area (Å²) in [7, 11) is -4.15. The third kappa shape index (κ3) is 5.69. The van der Waals surface area contributed by atoms with Crippen molar-refractivity contribution in [3.05, 3.63) is 92.8 Å². The number of nitrogens with zero attached hydrogens (tertiary/aromatic N) is 4. The largest absolute Gasteiger partial charge is 0.349 e. The maximum absolute atomic E-state index is 12.4. The van der Waals surface area contributed by atoms with Gasteiger partial charge in [-0.2, -0.15) is 18.8 Å². The van der Waals surface area contributed by atoms with Crippen LogP contribution in [0, 0.1) is 21.4 Å². The van der Waals surface area contributed by atoms with Gasteiger partial charge < -0.3 is 4.90 Å². The molecule has 1 aliphatic rings. The Kier molecular flexibility index (Phi) is 6.69. The SMILES string of the molecule is N#CC1=CN(Cc2ccccc2)C=C(/C=N\NS(=O)(=O)c2ccc(Cl)c([N+](=O)[O-])c2)C1.